The molecule has 2 aromatic heterocycles. The van der Waals surface area contributed by atoms with Crippen LogP contribution in [0.1, 0.15) is 39.4 Å². The topological polar surface area (TPSA) is 82.7 Å². The molecule has 1 aliphatic heterocycles. The molecule has 6 rings (SSSR count). The lowest BCUT2D eigenvalue weighted by molar-refractivity contribution is 0.238. The maximum Gasteiger partial charge on any atom is 0.161 e. The van der Waals surface area contributed by atoms with Crippen LogP contribution in [-0.4, -0.2) is 56.5 Å². The molecule has 3 heterocycles. The first-order valence-electron chi connectivity index (χ1n) is 13.2. The Morgan fingerprint density at radius 3 is 2.54 bits per heavy atom. The zero-order valence-electron chi connectivity index (χ0n) is 21.8. The van der Waals surface area contributed by atoms with Crippen LogP contribution in [0, 0.1) is 5.41 Å². The van der Waals surface area contributed by atoms with Crippen molar-refractivity contribution in [3.63, 3.8) is 0 Å². The molecule has 0 spiro atoms. The number of fused-ring (bicyclic) bond motifs is 2. The van der Waals surface area contributed by atoms with Gasteiger partial charge in [-0.1, -0.05) is 39.0 Å². The van der Waals surface area contributed by atoms with E-state index in [1.807, 2.05) is 0 Å². The van der Waals surface area contributed by atoms with Crippen molar-refractivity contribution in [1.29, 1.82) is 0 Å². The summed E-state index contributed by atoms with van der Waals surface area (Å²) in [5, 5.41) is 20.0. The number of benzene rings is 3. The van der Waals surface area contributed by atoms with E-state index in [2.05, 4.69) is 106 Å². The van der Waals surface area contributed by atoms with Gasteiger partial charge in [0.1, 0.15) is 18.2 Å². The highest BCUT2D eigenvalue weighted by Crippen LogP contribution is 2.32. The third kappa shape index (κ3) is 5.23. The van der Waals surface area contributed by atoms with Gasteiger partial charge < -0.3 is 9.72 Å². The highest BCUT2D eigenvalue weighted by atomic mass is 16.5. The van der Waals surface area contributed by atoms with Crippen LogP contribution < -0.4 is 4.74 Å². The molecule has 7 nitrogen and oxygen atoms in total. The summed E-state index contributed by atoms with van der Waals surface area (Å²) in [6.45, 7) is 10.7. The Kier molecular flexibility index (Phi) is 6.16. The molecule has 37 heavy (non-hydrogen) atoms. The Morgan fingerprint density at radius 2 is 1.70 bits per heavy atom. The van der Waals surface area contributed by atoms with E-state index < -0.39 is 0 Å². The van der Waals surface area contributed by atoms with Crippen LogP contribution in [0.4, 0.5) is 0 Å². The third-order valence-corrected chi connectivity index (χ3v) is 7.03. The van der Waals surface area contributed by atoms with Gasteiger partial charge in [0.25, 0.3) is 0 Å². The molecule has 5 aromatic rings. The van der Waals surface area contributed by atoms with Crippen molar-refractivity contribution >= 4 is 21.7 Å². The number of aromatic nitrogens is 5. The van der Waals surface area contributed by atoms with Crippen molar-refractivity contribution in [3.8, 4) is 28.4 Å². The monoisotopic (exact) mass is 494 g/mol. The Bertz CT molecular complexity index is 1540. The van der Waals surface area contributed by atoms with E-state index >= 15 is 0 Å². The number of hydrogen-bond acceptors (Lipinski definition) is 5. The predicted molar refractivity (Wildman–Crippen MR) is 149 cm³/mol. The molecule has 190 valence electrons. The Balaban J connectivity index is 1.26. The first-order chi connectivity index (χ1) is 17.9. The summed E-state index contributed by atoms with van der Waals surface area (Å²) >= 11 is 0. The average Bonchev–Trinajstić information content (AvgIpc) is 3.63. The minimum absolute atomic E-state index is 0.146. The van der Waals surface area contributed by atoms with Crippen molar-refractivity contribution in [2.24, 2.45) is 5.41 Å². The normalized spacial score (nSPS) is 14.7. The number of ether oxygens (including phenoxy) is 1. The molecule has 0 bridgehead atoms. The number of nitrogens with one attached hydrogen (secondary N) is 2. The zero-order valence-corrected chi connectivity index (χ0v) is 21.8. The van der Waals surface area contributed by atoms with Gasteiger partial charge in [-0.05, 0) is 78.5 Å². The standard InChI is InChI=1S/C30H34N6O/c1-30(2,3)19-27-31-29(35-33-27)22-9-11-26-25(18-22)28(34-32-26)21-7-6-20-8-10-24(17-23(20)16-21)37-15-14-36-12-4-5-13-36/h6-11,16-18H,4-5,12-15,19H2,1-3H3,(H,32,34)(H,31,33,35). The Labute approximate surface area is 217 Å². The van der Waals surface area contributed by atoms with E-state index in [0.717, 1.165) is 70.1 Å². The molecule has 2 N–H and O–H groups in total. The van der Waals surface area contributed by atoms with E-state index in [-0.39, 0.29) is 5.41 Å². The van der Waals surface area contributed by atoms with E-state index in [1.165, 1.54) is 31.3 Å². The van der Waals surface area contributed by atoms with Gasteiger partial charge in [0.15, 0.2) is 5.82 Å². The van der Waals surface area contributed by atoms with E-state index in [0.29, 0.717) is 0 Å². The number of aromatic amines is 2. The van der Waals surface area contributed by atoms with Crippen LogP contribution >= 0.6 is 0 Å². The maximum absolute atomic E-state index is 6.09. The molecular weight excluding hydrogens is 460 g/mol. The first kappa shape index (κ1) is 23.7. The summed E-state index contributed by atoms with van der Waals surface area (Å²) in [6, 6.07) is 19.1. The highest BCUT2D eigenvalue weighted by molar-refractivity contribution is 5.97. The van der Waals surface area contributed by atoms with E-state index in [9.17, 15) is 0 Å². The largest absolute Gasteiger partial charge is 0.492 e. The van der Waals surface area contributed by atoms with Crippen molar-refractivity contribution in [2.45, 2.75) is 40.0 Å². The van der Waals surface area contributed by atoms with Crippen LogP contribution in [0.2, 0.25) is 0 Å². The lowest BCUT2D eigenvalue weighted by atomic mass is 9.92. The predicted octanol–water partition coefficient (Wildman–Crippen LogP) is 6.23. The Hall–Kier alpha value is -3.71. The minimum atomic E-state index is 0.146. The van der Waals surface area contributed by atoms with Gasteiger partial charge in [0.2, 0.25) is 0 Å². The minimum Gasteiger partial charge on any atom is -0.492 e. The molecule has 0 saturated carbocycles. The summed E-state index contributed by atoms with van der Waals surface area (Å²) in [5.41, 5.74) is 4.13. The maximum atomic E-state index is 6.09. The highest BCUT2D eigenvalue weighted by Gasteiger charge is 2.16. The molecule has 0 unspecified atom stereocenters. The second-order valence-electron chi connectivity index (χ2n) is 11.3. The smallest absolute Gasteiger partial charge is 0.161 e. The van der Waals surface area contributed by atoms with E-state index in [1.54, 1.807) is 0 Å². The fourth-order valence-corrected chi connectivity index (χ4v) is 5.15. The average molecular weight is 495 g/mol. The molecule has 1 aliphatic rings. The molecule has 1 fully saturated rings. The molecule has 7 heteroatoms. The summed E-state index contributed by atoms with van der Waals surface area (Å²) < 4.78 is 6.09. The van der Waals surface area contributed by atoms with Crippen molar-refractivity contribution in [2.75, 3.05) is 26.2 Å². The van der Waals surface area contributed by atoms with Crippen LogP contribution in [0.25, 0.3) is 44.3 Å². The summed E-state index contributed by atoms with van der Waals surface area (Å²) in [6.07, 6.45) is 3.46. The number of nitrogens with zero attached hydrogens (tertiary/aromatic N) is 4. The molecule has 3 aromatic carbocycles. The van der Waals surface area contributed by atoms with Gasteiger partial charge in [0.05, 0.1) is 11.2 Å². The zero-order chi connectivity index (χ0) is 25.4. The van der Waals surface area contributed by atoms with Crippen LogP contribution in [0.3, 0.4) is 0 Å². The number of rotatable bonds is 7. The summed E-state index contributed by atoms with van der Waals surface area (Å²) in [7, 11) is 0. The molecule has 0 atom stereocenters. The first-order valence-corrected chi connectivity index (χ1v) is 13.2. The van der Waals surface area contributed by atoms with Gasteiger partial charge >= 0.3 is 0 Å². The number of hydrogen-bond donors (Lipinski definition) is 2. The molecular formula is C30H34N6O. The Morgan fingerprint density at radius 1 is 0.892 bits per heavy atom. The quantitative estimate of drug-likeness (QED) is 0.280. The fourth-order valence-electron chi connectivity index (χ4n) is 5.15. The SMILES string of the molecule is CC(C)(C)Cc1nnc(-c2ccc3[nH]nc(-c4ccc5ccc(OCCN6CCCC6)cc5c4)c3c2)[nH]1. The van der Waals surface area contributed by atoms with Gasteiger partial charge in [-0.2, -0.15) is 5.10 Å². The van der Waals surface area contributed by atoms with Gasteiger partial charge in [0, 0.05) is 29.5 Å². The van der Waals surface area contributed by atoms with E-state index in [4.69, 9.17) is 4.74 Å². The second-order valence-corrected chi connectivity index (χ2v) is 11.3. The molecule has 0 radical (unpaired) electrons. The molecule has 1 saturated heterocycles. The van der Waals surface area contributed by atoms with Gasteiger partial charge in [-0.25, -0.2) is 0 Å². The number of likely N-dealkylation sites (tertiary alicyclic amines) is 1. The lowest BCUT2D eigenvalue weighted by Crippen LogP contribution is -2.25. The van der Waals surface area contributed by atoms with Gasteiger partial charge in [-0.3, -0.25) is 10.00 Å². The van der Waals surface area contributed by atoms with Gasteiger partial charge in [-0.15, -0.1) is 10.2 Å². The lowest BCUT2D eigenvalue weighted by Gasteiger charge is -2.15. The second kappa shape index (κ2) is 9.63. The van der Waals surface area contributed by atoms with Crippen molar-refractivity contribution in [3.05, 3.63) is 60.4 Å². The summed E-state index contributed by atoms with van der Waals surface area (Å²) in [5.74, 6) is 2.60. The summed E-state index contributed by atoms with van der Waals surface area (Å²) in [4.78, 5) is 5.87. The van der Waals surface area contributed by atoms with Crippen LogP contribution in [0.5, 0.6) is 5.75 Å². The molecule has 0 aliphatic carbocycles. The third-order valence-electron chi connectivity index (χ3n) is 7.03. The van der Waals surface area contributed by atoms with Crippen molar-refractivity contribution < 1.29 is 4.74 Å². The van der Waals surface area contributed by atoms with Crippen LogP contribution in [0.15, 0.2) is 54.6 Å². The fraction of sp³-hybridized carbons (Fsp3) is 0.367. The van der Waals surface area contributed by atoms with Crippen molar-refractivity contribution in [1.82, 2.24) is 30.3 Å². The number of H-pyrrole nitrogens is 2. The molecule has 0 amide bonds. The van der Waals surface area contributed by atoms with Crippen LogP contribution in [-0.2, 0) is 6.42 Å².